The van der Waals surface area contributed by atoms with E-state index in [9.17, 15) is 8.78 Å². The van der Waals surface area contributed by atoms with Gasteiger partial charge in [0, 0.05) is 20.6 Å². The van der Waals surface area contributed by atoms with E-state index in [-0.39, 0.29) is 16.1 Å². The summed E-state index contributed by atoms with van der Waals surface area (Å²) in [6, 6.07) is 5.99. The highest BCUT2D eigenvalue weighted by Gasteiger charge is 2.20. The lowest BCUT2D eigenvalue weighted by Crippen LogP contribution is -2.15. The average molecular weight is 367 g/mol. The maximum Gasteiger partial charge on any atom is 0.148 e. The minimum absolute atomic E-state index is 0.0876. The van der Waals surface area contributed by atoms with Gasteiger partial charge in [-0.25, -0.2) is 8.78 Å². The molecule has 19 heavy (non-hydrogen) atoms. The average Bonchev–Trinajstić information content (AvgIpc) is 2.38. The summed E-state index contributed by atoms with van der Waals surface area (Å²) in [4.78, 5) is 0. The first-order valence-electron chi connectivity index (χ1n) is 5.25. The van der Waals surface area contributed by atoms with Crippen molar-refractivity contribution in [1.29, 1.82) is 0 Å². The Balaban J connectivity index is 2.53. The minimum Gasteiger partial charge on any atom is -0.320 e. The molecule has 2 aromatic carbocycles. The quantitative estimate of drug-likeness (QED) is 0.736. The summed E-state index contributed by atoms with van der Waals surface area (Å²) in [6.07, 6.45) is 0. The Morgan fingerprint density at radius 1 is 1.05 bits per heavy atom. The first kappa shape index (κ1) is 14.7. The molecule has 0 fully saturated rings. The van der Waals surface area contributed by atoms with Gasteiger partial charge >= 0.3 is 0 Å². The molecule has 0 heterocycles. The zero-order chi connectivity index (χ0) is 14.2. The Kier molecular flexibility index (Phi) is 4.46. The number of benzene rings is 2. The van der Waals surface area contributed by atoms with Gasteiger partial charge in [-0.15, -0.1) is 0 Å². The van der Waals surface area contributed by atoms with Crippen LogP contribution in [0, 0.1) is 11.6 Å². The van der Waals surface area contributed by atoms with Crippen molar-refractivity contribution in [2.24, 2.45) is 5.73 Å². The van der Waals surface area contributed by atoms with E-state index < -0.39 is 17.7 Å². The fraction of sp³-hybridized carbons (Fsp3) is 0.0769. The highest BCUT2D eigenvalue weighted by molar-refractivity contribution is 9.10. The van der Waals surface area contributed by atoms with Crippen LogP contribution in [0.4, 0.5) is 8.78 Å². The van der Waals surface area contributed by atoms with Crippen molar-refractivity contribution in [3.63, 3.8) is 0 Å². The Bertz CT molecular complexity index is 634. The highest BCUT2D eigenvalue weighted by Crippen LogP contribution is 2.33. The molecule has 0 amide bonds. The van der Waals surface area contributed by atoms with Gasteiger partial charge in [-0.05, 0) is 40.2 Å². The molecule has 0 saturated carbocycles. The van der Waals surface area contributed by atoms with Crippen molar-refractivity contribution in [1.82, 2.24) is 0 Å². The lowest BCUT2D eigenvalue weighted by Gasteiger charge is -2.15. The summed E-state index contributed by atoms with van der Waals surface area (Å²) in [5.74, 6) is -1.22. The van der Waals surface area contributed by atoms with Crippen molar-refractivity contribution in [3.05, 3.63) is 67.6 Å². The maximum absolute atomic E-state index is 14.0. The molecular formula is C13H8BrCl2F2N. The Hall–Kier alpha value is -0.680. The summed E-state index contributed by atoms with van der Waals surface area (Å²) >= 11 is 14.7. The van der Waals surface area contributed by atoms with E-state index in [0.717, 1.165) is 0 Å². The van der Waals surface area contributed by atoms with Crippen LogP contribution in [-0.4, -0.2) is 0 Å². The predicted molar refractivity (Wildman–Crippen MR) is 76.6 cm³/mol. The van der Waals surface area contributed by atoms with Crippen LogP contribution in [-0.2, 0) is 0 Å². The normalized spacial score (nSPS) is 12.5. The topological polar surface area (TPSA) is 26.0 Å². The fourth-order valence-electron chi connectivity index (χ4n) is 1.70. The lowest BCUT2D eigenvalue weighted by molar-refractivity contribution is 0.575. The van der Waals surface area contributed by atoms with Crippen LogP contribution >= 0.6 is 39.1 Å². The predicted octanol–water partition coefficient (Wildman–Crippen LogP) is 5.08. The van der Waals surface area contributed by atoms with Gasteiger partial charge in [0.05, 0.1) is 11.1 Å². The third-order valence-electron chi connectivity index (χ3n) is 2.69. The second kappa shape index (κ2) is 5.75. The van der Waals surface area contributed by atoms with Crippen molar-refractivity contribution >= 4 is 39.1 Å². The first-order chi connectivity index (χ1) is 8.91. The zero-order valence-electron chi connectivity index (χ0n) is 9.43. The Labute approximate surface area is 127 Å². The molecule has 0 bridgehead atoms. The molecule has 100 valence electrons. The van der Waals surface area contributed by atoms with Gasteiger partial charge < -0.3 is 5.73 Å². The third-order valence-corrected chi connectivity index (χ3v) is 4.19. The molecule has 0 radical (unpaired) electrons. The maximum atomic E-state index is 14.0. The van der Waals surface area contributed by atoms with E-state index in [4.69, 9.17) is 28.9 Å². The molecule has 1 atom stereocenters. The van der Waals surface area contributed by atoms with Crippen molar-refractivity contribution in [2.45, 2.75) is 6.04 Å². The molecule has 6 heteroatoms. The number of halogens is 5. The minimum atomic E-state index is -0.982. The number of hydrogen-bond donors (Lipinski definition) is 1. The molecule has 1 nitrogen and oxygen atoms in total. The van der Waals surface area contributed by atoms with Crippen molar-refractivity contribution in [2.75, 3.05) is 0 Å². The van der Waals surface area contributed by atoms with E-state index in [1.807, 2.05) is 0 Å². The van der Waals surface area contributed by atoms with Crippen LogP contribution in [0.1, 0.15) is 17.2 Å². The van der Waals surface area contributed by atoms with Crippen LogP contribution in [0.5, 0.6) is 0 Å². The second-order valence-corrected chi connectivity index (χ2v) is 5.58. The van der Waals surface area contributed by atoms with Gasteiger partial charge in [0.25, 0.3) is 0 Å². The SMILES string of the molecule is NC(c1cc(Cl)ccc1F)c1ccc(Br)c(Cl)c1F. The van der Waals surface area contributed by atoms with Crippen LogP contribution in [0.25, 0.3) is 0 Å². The Morgan fingerprint density at radius 3 is 2.42 bits per heavy atom. The molecule has 0 aromatic heterocycles. The van der Waals surface area contributed by atoms with E-state index in [1.165, 1.54) is 24.3 Å². The van der Waals surface area contributed by atoms with E-state index in [1.54, 1.807) is 6.07 Å². The molecular weight excluding hydrogens is 359 g/mol. The van der Waals surface area contributed by atoms with Gasteiger partial charge in [0.1, 0.15) is 11.6 Å². The number of nitrogens with two attached hydrogens (primary N) is 1. The smallest absolute Gasteiger partial charge is 0.148 e. The number of hydrogen-bond acceptors (Lipinski definition) is 1. The summed E-state index contributed by atoms with van der Waals surface area (Å²) in [5.41, 5.74) is 6.11. The highest BCUT2D eigenvalue weighted by atomic mass is 79.9. The zero-order valence-corrected chi connectivity index (χ0v) is 12.5. The molecule has 2 aromatic rings. The molecule has 0 spiro atoms. The van der Waals surface area contributed by atoms with E-state index in [2.05, 4.69) is 15.9 Å². The molecule has 0 aliphatic carbocycles. The standard InChI is InChI=1S/C13H8BrCl2F2N/c14-9-3-2-7(12(18)11(9)16)13(19)8-5-6(15)1-4-10(8)17/h1-5,13H,19H2. The molecule has 0 aliphatic heterocycles. The Morgan fingerprint density at radius 2 is 1.74 bits per heavy atom. The van der Waals surface area contributed by atoms with Crippen LogP contribution in [0.15, 0.2) is 34.8 Å². The number of rotatable bonds is 2. The summed E-state index contributed by atoms with van der Waals surface area (Å²) in [5, 5.41) is 0.242. The first-order valence-corrected chi connectivity index (χ1v) is 6.80. The molecule has 2 rings (SSSR count). The van der Waals surface area contributed by atoms with Crippen molar-refractivity contribution in [3.8, 4) is 0 Å². The lowest BCUT2D eigenvalue weighted by atomic mass is 9.98. The fourth-order valence-corrected chi connectivity index (χ4v) is 2.36. The van der Waals surface area contributed by atoms with Crippen molar-refractivity contribution < 1.29 is 8.78 Å². The van der Waals surface area contributed by atoms with Crippen LogP contribution in [0.3, 0.4) is 0 Å². The second-order valence-electron chi connectivity index (χ2n) is 3.91. The van der Waals surface area contributed by atoms with Crippen LogP contribution < -0.4 is 5.73 Å². The third kappa shape index (κ3) is 2.92. The summed E-state index contributed by atoms with van der Waals surface area (Å²) < 4.78 is 28.2. The van der Waals surface area contributed by atoms with Crippen LogP contribution in [0.2, 0.25) is 10.0 Å². The molecule has 0 saturated heterocycles. The molecule has 2 N–H and O–H groups in total. The van der Waals surface area contributed by atoms with E-state index >= 15 is 0 Å². The van der Waals surface area contributed by atoms with E-state index in [0.29, 0.717) is 9.50 Å². The van der Waals surface area contributed by atoms with Gasteiger partial charge in [-0.3, -0.25) is 0 Å². The molecule has 0 aliphatic rings. The van der Waals surface area contributed by atoms with Gasteiger partial charge in [-0.1, -0.05) is 29.3 Å². The van der Waals surface area contributed by atoms with Gasteiger partial charge in [0.15, 0.2) is 0 Å². The molecule has 1 unspecified atom stereocenters. The monoisotopic (exact) mass is 365 g/mol. The van der Waals surface area contributed by atoms with Gasteiger partial charge in [0.2, 0.25) is 0 Å². The largest absolute Gasteiger partial charge is 0.320 e. The van der Waals surface area contributed by atoms with Gasteiger partial charge in [-0.2, -0.15) is 0 Å². The summed E-state index contributed by atoms with van der Waals surface area (Å²) in [6.45, 7) is 0. The summed E-state index contributed by atoms with van der Waals surface area (Å²) in [7, 11) is 0.